The van der Waals surface area contributed by atoms with Crippen LogP contribution in [0.3, 0.4) is 0 Å². The van der Waals surface area contributed by atoms with Crippen LogP contribution in [-0.2, 0) is 4.79 Å². The molecule has 2 heterocycles. The van der Waals surface area contributed by atoms with Crippen molar-refractivity contribution in [2.75, 3.05) is 32.8 Å². The second kappa shape index (κ2) is 6.96. The Morgan fingerprint density at radius 1 is 1.44 bits per heavy atom. The largest absolute Gasteiger partial charge is 0.492 e. The van der Waals surface area contributed by atoms with E-state index in [2.05, 4.69) is 10.3 Å². The number of amides is 1. The van der Waals surface area contributed by atoms with Crippen LogP contribution in [0.5, 0.6) is 5.75 Å². The van der Waals surface area contributed by atoms with E-state index < -0.39 is 0 Å². The highest BCUT2D eigenvalue weighted by molar-refractivity contribution is 5.76. The zero-order chi connectivity index (χ0) is 12.6. The maximum absolute atomic E-state index is 11.8. The summed E-state index contributed by atoms with van der Waals surface area (Å²) in [4.78, 5) is 17.7. The normalized spacial score (nSPS) is 15.4. The van der Waals surface area contributed by atoms with Crippen molar-refractivity contribution in [2.45, 2.75) is 12.8 Å². The molecule has 5 nitrogen and oxygen atoms in total. The van der Waals surface area contributed by atoms with Gasteiger partial charge < -0.3 is 15.0 Å². The molecule has 2 rings (SSSR count). The van der Waals surface area contributed by atoms with Gasteiger partial charge in [0.15, 0.2) is 0 Å². The summed E-state index contributed by atoms with van der Waals surface area (Å²) in [6, 6.07) is 3.70. The number of nitrogens with one attached hydrogen (secondary N) is 1. The van der Waals surface area contributed by atoms with Gasteiger partial charge in [-0.05, 0) is 18.6 Å². The van der Waals surface area contributed by atoms with Gasteiger partial charge in [0.2, 0.25) is 5.91 Å². The van der Waals surface area contributed by atoms with Crippen LogP contribution in [0, 0.1) is 0 Å². The van der Waals surface area contributed by atoms with E-state index in [0.717, 1.165) is 38.3 Å². The maximum atomic E-state index is 11.8. The lowest BCUT2D eigenvalue weighted by molar-refractivity contribution is -0.132. The van der Waals surface area contributed by atoms with E-state index in [1.54, 1.807) is 12.4 Å². The zero-order valence-corrected chi connectivity index (χ0v) is 10.5. The van der Waals surface area contributed by atoms with Crippen LogP contribution >= 0.6 is 0 Å². The summed E-state index contributed by atoms with van der Waals surface area (Å²) in [5.41, 5.74) is 0. The molecule has 0 spiro atoms. The molecule has 1 N–H and O–H groups in total. The highest BCUT2D eigenvalue weighted by atomic mass is 16.5. The van der Waals surface area contributed by atoms with Crippen molar-refractivity contribution in [1.29, 1.82) is 0 Å². The Balaban J connectivity index is 1.61. The summed E-state index contributed by atoms with van der Waals surface area (Å²) in [7, 11) is 0. The number of pyridine rings is 1. The Hall–Kier alpha value is -1.62. The lowest BCUT2D eigenvalue weighted by Gasteiger charge is -2.27. The third-order valence-electron chi connectivity index (χ3n) is 2.91. The molecule has 1 aromatic heterocycles. The average Bonchev–Trinajstić information content (AvgIpc) is 2.45. The van der Waals surface area contributed by atoms with E-state index >= 15 is 0 Å². The van der Waals surface area contributed by atoms with E-state index in [1.165, 1.54) is 0 Å². The van der Waals surface area contributed by atoms with Gasteiger partial charge in [0, 0.05) is 38.8 Å². The standard InChI is InChI=1S/C13H19N3O2/c17-13(16-8-6-14-7-9-16)4-2-10-18-12-3-1-5-15-11-12/h1,3,5,11,14H,2,4,6-10H2. The SMILES string of the molecule is O=C(CCCOc1cccnc1)N1CCNCC1. The van der Waals surface area contributed by atoms with Crippen LogP contribution in [0.2, 0.25) is 0 Å². The molecule has 1 amide bonds. The number of rotatable bonds is 5. The van der Waals surface area contributed by atoms with E-state index in [1.807, 2.05) is 17.0 Å². The second-order valence-corrected chi connectivity index (χ2v) is 4.27. The summed E-state index contributed by atoms with van der Waals surface area (Å²) in [5, 5.41) is 3.23. The van der Waals surface area contributed by atoms with E-state index in [0.29, 0.717) is 13.0 Å². The minimum absolute atomic E-state index is 0.228. The molecule has 1 fully saturated rings. The lowest BCUT2D eigenvalue weighted by atomic mass is 10.2. The van der Waals surface area contributed by atoms with Gasteiger partial charge in [-0.3, -0.25) is 9.78 Å². The number of ether oxygens (including phenoxy) is 1. The molecule has 0 saturated carbocycles. The van der Waals surface area contributed by atoms with Crippen molar-refractivity contribution in [3.63, 3.8) is 0 Å². The molecule has 0 unspecified atom stereocenters. The van der Waals surface area contributed by atoms with Crippen LogP contribution in [-0.4, -0.2) is 48.6 Å². The molecule has 0 aliphatic carbocycles. The quantitative estimate of drug-likeness (QED) is 0.779. The Labute approximate surface area is 107 Å². The Morgan fingerprint density at radius 2 is 2.28 bits per heavy atom. The van der Waals surface area contributed by atoms with Gasteiger partial charge in [0.25, 0.3) is 0 Å². The molecule has 0 bridgehead atoms. The van der Waals surface area contributed by atoms with Crippen LogP contribution < -0.4 is 10.1 Å². The first-order valence-corrected chi connectivity index (χ1v) is 6.37. The van der Waals surface area contributed by atoms with Gasteiger partial charge in [0.1, 0.15) is 5.75 Å². The molecule has 5 heteroatoms. The number of piperazine rings is 1. The summed E-state index contributed by atoms with van der Waals surface area (Å²) in [5.74, 6) is 0.985. The lowest BCUT2D eigenvalue weighted by Crippen LogP contribution is -2.46. The summed E-state index contributed by atoms with van der Waals surface area (Å²) >= 11 is 0. The predicted octanol–water partition coefficient (Wildman–Crippen LogP) is 0.672. The van der Waals surface area contributed by atoms with Gasteiger partial charge in [-0.15, -0.1) is 0 Å². The third-order valence-corrected chi connectivity index (χ3v) is 2.91. The topological polar surface area (TPSA) is 54.5 Å². The van der Waals surface area contributed by atoms with Crippen molar-refractivity contribution >= 4 is 5.91 Å². The smallest absolute Gasteiger partial charge is 0.222 e. The molecule has 1 aliphatic heterocycles. The number of aromatic nitrogens is 1. The van der Waals surface area contributed by atoms with E-state index in [9.17, 15) is 4.79 Å². The van der Waals surface area contributed by atoms with Crippen LogP contribution in [0.1, 0.15) is 12.8 Å². The average molecular weight is 249 g/mol. The van der Waals surface area contributed by atoms with Gasteiger partial charge >= 0.3 is 0 Å². The van der Waals surface area contributed by atoms with Crippen molar-refractivity contribution in [2.24, 2.45) is 0 Å². The first kappa shape index (κ1) is 12.8. The Morgan fingerprint density at radius 3 is 3.00 bits per heavy atom. The van der Waals surface area contributed by atoms with Gasteiger partial charge in [0.05, 0.1) is 12.8 Å². The van der Waals surface area contributed by atoms with Gasteiger partial charge in [-0.2, -0.15) is 0 Å². The molecular weight excluding hydrogens is 230 g/mol. The fraction of sp³-hybridized carbons (Fsp3) is 0.538. The first-order chi connectivity index (χ1) is 8.86. The summed E-state index contributed by atoms with van der Waals surface area (Å²) in [6.07, 6.45) is 4.69. The van der Waals surface area contributed by atoms with Gasteiger partial charge in [-0.25, -0.2) is 0 Å². The van der Waals surface area contributed by atoms with Crippen LogP contribution in [0.25, 0.3) is 0 Å². The Kier molecular flexibility index (Phi) is 4.96. The number of hydrogen-bond donors (Lipinski definition) is 1. The fourth-order valence-corrected chi connectivity index (χ4v) is 1.92. The number of carbonyl (C=O) groups excluding carboxylic acids is 1. The second-order valence-electron chi connectivity index (χ2n) is 4.27. The molecule has 1 saturated heterocycles. The van der Waals surface area contributed by atoms with Gasteiger partial charge in [-0.1, -0.05) is 0 Å². The molecule has 98 valence electrons. The fourth-order valence-electron chi connectivity index (χ4n) is 1.92. The summed E-state index contributed by atoms with van der Waals surface area (Å²) in [6.45, 7) is 4.00. The van der Waals surface area contributed by atoms with Crippen molar-refractivity contribution in [1.82, 2.24) is 15.2 Å². The molecule has 0 aromatic carbocycles. The maximum Gasteiger partial charge on any atom is 0.222 e. The van der Waals surface area contributed by atoms with Crippen molar-refractivity contribution in [3.05, 3.63) is 24.5 Å². The molecule has 18 heavy (non-hydrogen) atoms. The van der Waals surface area contributed by atoms with Crippen molar-refractivity contribution < 1.29 is 9.53 Å². The van der Waals surface area contributed by atoms with E-state index in [4.69, 9.17) is 4.74 Å². The monoisotopic (exact) mass is 249 g/mol. The molecule has 1 aromatic rings. The molecule has 0 radical (unpaired) electrons. The number of carbonyl (C=O) groups is 1. The minimum Gasteiger partial charge on any atom is -0.492 e. The summed E-state index contributed by atoms with van der Waals surface area (Å²) < 4.78 is 5.50. The highest BCUT2D eigenvalue weighted by Gasteiger charge is 2.15. The third kappa shape index (κ3) is 4.00. The minimum atomic E-state index is 0.228. The molecular formula is C13H19N3O2. The predicted molar refractivity (Wildman–Crippen MR) is 68.4 cm³/mol. The molecule has 0 atom stereocenters. The molecule has 1 aliphatic rings. The van der Waals surface area contributed by atoms with Crippen LogP contribution in [0.4, 0.5) is 0 Å². The number of nitrogens with zero attached hydrogens (tertiary/aromatic N) is 2. The van der Waals surface area contributed by atoms with E-state index in [-0.39, 0.29) is 5.91 Å². The number of hydrogen-bond acceptors (Lipinski definition) is 4. The Bertz CT molecular complexity index is 364. The van der Waals surface area contributed by atoms with Crippen LogP contribution in [0.15, 0.2) is 24.5 Å². The van der Waals surface area contributed by atoms with Crippen molar-refractivity contribution in [3.8, 4) is 5.75 Å². The highest BCUT2D eigenvalue weighted by Crippen LogP contribution is 2.07. The zero-order valence-electron chi connectivity index (χ0n) is 10.5. The first-order valence-electron chi connectivity index (χ1n) is 6.37.